The van der Waals surface area contributed by atoms with Crippen LogP contribution in [0.15, 0.2) is 6.07 Å². The first kappa shape index (κ1) is 16.4. The van der Waals surface area contributed by atoms with Crippen molar-refractivity contribution in [3.05, 3.63) is 17.0 Å². The Morgan fingerprint density at radius 1 is 1.29 bits per heavy atom. The smallest absolute Gasteiger partial charge is 0.211 e. The molecule has 0 N–H and O–H groups in total. The first-order chi connectivity index (χ1) is 9.90. The van der Waals surface area contributed by atoms with Gasteiger partial charge in [0.2, 0.25) is 10.0 Å². The van der Waals surface area contributed by atoms with Gasteiger partial charge < -0.3 is 9.64 Å². The van der Waals surface area contributed by atoms with E-state index in [0.717, 1.165) is 0 Å². The zero-order valence-electron chi connectivity index (χ0n) is 12.1. The predicted molar refractivity (Wildman–Crippen MR) is 81.0 cm³/mol. The van der Waals surface area contributed by atoms with E-state index in [0.29, 0.717) is 56.2 Å². The third kappa shape index (κ3) is 4.50. The molecule has 0 amide bonds. The number of nitrogens with zero attached hydrogens (tertiary/aromatic N) is 4. The second-order valence-corrected chi connectivity index (χ2v) is 7.12. The van der Waals surface area contributed by atoms with E-state index in [1.54, 1.807) is 6.07 Å². The summed E-state index contributed by atoms with van der Waals surface area (Å²) < 4.78 is 29.8. The highest BCUT2D eigenvalue weighted by Gasteiger charge is 2.24. The Morgan fingerprint density at radius 3 is 2.52 bits per heavy atom. The monoisotopic (exact) mass is 334 g/mol. The second-order valence-electron chi connectivity index (χ2n) is 4.75. The van der Waals surface area contributed by atoms with Crippen molar-refractivity contribution in [2.24, 2.45) is 0 Å². The normalized spacial score (nSPS) is 17.2. The van der Waals surface area contributed by atoms with E-state index in [2.05, 4.69) is 9.97 Å². The summed E-state index contributed by atoms with van der Waals surface area (Å²) in [4.78, 5) is 10.5. The van der Waals surface area contributed by atoms with Gasteiger partial charge in [-0.1, -0.05) is 11.6 Å². The molecule has 1 aromatic heterocycles. The molecule has 1 aromatic rings. The highest BCUT2D eigenvalue weighted by atomic mass is 35.5. The Balaban J connectivity index is 2.07. The zero-order valence-corrected chi connectivity index (χ0v) is 13.7. The molecule has 0 spiro atoms. The van der Waals surface area contributed by atoms with E-state index in [-0.39, 0.29) is 0 Å². The van der Waals surface area contributed by atoms with Crippen molar-refractivity contribution in [2.75, 3.05) is 43.9 Å². The Bertz CT molecular complexity index is 588. The van der Waals surface area contributed by atoms with Crippen molar-refractivity contribution < 1.29 is 13.2 Å². The van der Waals surface area contributed by atoms with Crippen LogP contribution in [0.3, 0.4) is 0 Å². The Kier molecular flexibility index (Phi) is 5.37. The summed E-state index contributed by atoms with van der Waals surface area (Å²) in [6.45, 7) is 4.84. The van der Waals surface area contributed by atoms with Crippen LogP contribution in [0, 0.1) is 0 Å². The number of rotatable bonds is 5. The molecule has 118 valence electrons. The summed E-state index contributed by atoms with van der Waals surface area (Å²) in [5, 5.41) is 0.361. The third-order valence-electron chi connectivity index (χ3n) is 3.19. The number of anilines is 1. The van der Waals surface area contributed by atoms with Crippen molar-refractivity contribution in [3.8, 4) is 0 Å². The molecule has 2 heterocycles. The standard InChI is InChI=1S/C12H19ClN4O3S/c1-3-20-9-11-14-10(13)8-12(15-11)16-4-6-17(7-5-16)21(2,18)19/h8H,3-7,9H2,1-2H3. The van der Waals surface area contributed by atoms with Gasteiger partial charge in [0, 0.05) is 38.9 Å². The van der Waals surface area contributed by atoms with E-state index < -0.39 is 10.0 Å². The fourth-order valence-electron chi connectivity index (χ4n) is 2.12. The number of aromatic nitrogens is 2. The fraction of sp³-hybridized carbons (Fsp3) is 0.667. The summed E-state index contributed by atoms with van der Waals surface area (Å²) in [6, 6.07) is 1.69. The van der Waals surface area contributed by atoms with Crippen molar-refractivity contribution in [1.82, 2.24) is 14.3 Å². The molecule has 1 aliphatic heterocycles. The molecule has 0 radical (unpaired) electrons. The Labute approximate surface area is 129 Å². The van der Waals surface area contributed by atoms with Gasteiger partial charge in [0.25, 0.3) is 0 Å². The maximum absolute atomic E-state index is 11.5. The largest absolute Gasteiger partial charge is 0.374 e. The molecule has 0 aromatic carbocycles. The molecule has 21 heavy (non-hydrogen) atoms. The molecule has 9 heteroatoms. The maximum Gasteiger partial charge on any atom is 0.211 e. The average molecular weight is 335 g/mol. The van der Waals surface area contributed by atoms with Gasteiger partial charge in [-0.3, -0.25) is 0 Å². The number of sulfonamides is 1. The summed E-state index contributed by atoms with van der Waals surface area (Å²) in [6.07, 6.45) is 1.23. The Morgan fingerprint density at radius 2 is 1.95 bits per heavy atom. The van der Waals surface area contributed by atoms with Crippen molar-refractivity contribution in [3.63, 3.8) is 0 Å². The Hall–Kier alpha value is -0.960. The van der Waals surface area contributed by atoms with Gasteiger partial charge in [-0.05, 0) is 6.92 Å². The molecule has 1 fully saturated rings. The number of ether oxygens (including phenoxy) is 1. The highest BCUT2D eigenvalue weighted by molar-refractivity contribution is 7.88. The van der Waals surface area contributed by atoms with Gasteiger partial charge in [-0.15, -0.1) is 0 Å². The molecule has 1 saturated heterocycles. The molecular weight excluding hydrogens is 316 g/mol. The molecule has 0 bridgehead atoms. The van der Waals surface area contributed by atoms with Crippen LogP contribution in [-0.2, 0) is 21.4 Å². The molecule has 0 unspecified atom stereocenters. The van der Waals surface area contributed by atoms with Crippen LogP contribution in [-0.4, -0.2) is 61.7 Å². The minimum Gasteiger partial charge on any atom is -0.374 e. The first-order valence-electron chi connectivity index (χ1n) is 6.71. The molecule has 7 nitrogen and oxygen atoms in total. The van der Waals surface area contributed by atoms with Crippen LogP contribution in [0.2, 0.25) is 5.15 Å². The number of halogens is 1. The van der Waals surface area contributed by atoms with Crippen LogP contribution in [0.1, 0.15) is 12.7 Å². The second kappa shape index (κ2) is 6.87. The summed E-state index contributed by atoms with van der Waals surface area (Å²) in [5.74, 6) is 1.24. The van der Waals surface area contributed by atoms with Gasteiger partial charge in [-0.25, -0.2) is 18.4 Å². The molecule has 0 aliphatic carbocycles. The van der Waals surface area contributed by atoms with Crippen molar-refractivity contribution >= 4 is 27.4 Å². The third-order valence-corrected chi connectivity index (χ3v) is 4.69. The molecule has 0 saturated carbocycles. The fourth-order valence-corrected chi connectivity index (χ4v) is 3.14. The lowest BCUT2D eigenvalue weighted by Crippen LogP contribution is -2.48. The van der Waals surface area contributed by atoms with Crippen LogP contribution in [0.25, 0.3) is 0 Å². The van der Waals surface area contributed by atoms with E-state index in [1.165, 1.54) is 10.6 Å². The van der Waals surface area contributed by atoms with Crippen LogP contribution in [0.4, 0.5) is 5.82 Å². The van der Waals surface area contributed by atoms with Crippen LogP contribution >= 0.6 is 11.6 Å². The van der Waals surface area contributed by atoms with E-state index in [4.69, 9.17) is 16.3 Å². The van der Waals surface area contributed by atoms with Gasteiger partial charge in [0.05, 0.1) is 6.26 Å². The van der Waals surface area contributed by atoms with Crippen LogP contribution < -0.4 is 4.90 Å². The van der Waals surface area contributed by atoms with Gasteiger partial charge in [-0.2, -0.15) is 4.31 Å². The average Bonchev–Trinajstić information content (AvgIpc) is 2.44. The SMILES string of the molecule is CCOCc1nc(Cl)cc(N2CCN(S(C)(=O)=O)CC2)n1. The number of hydrogen-bond donors (Lipinski definition) is 0. The highest BCUT2D eigenvalue weighted by Crippen LogP contribution is 2.19. The van der Waals surface area contributed by atoms with Gasteiger partial charge in [0.1, 0.15) is 17.6 Å². The topological polar surface area (TPSA) is 75.6 Å². The number of hydrogen-bond acceptors (Lipinski definition) is 6. The van der Waals surface area contributed by atoms with Gasteiger partial charge in [0.15, 0.2) is 5.82 Å². The predicted octanol–water partition coefficient (Wildman–Crippen LogP) is 0.748. The van der Waals surface area contributed by atoms with E-state index in [9.17, 15) is 8.42 Å². The molecular formula is C12H19ClN4O3S. The van der Waals surface area contributed by atoms with Crippen molar-refractivity contribution in [2.45, 2.75) is 13.5 Å². The minimum absolute atomic E-state index is 0.313. The first-order valence-corrected chi connectivity index (χ1v) is 8.94. The maximum atomic E-state index is 11.5. The summed E-state index contributed by atoms with van der Waals surface area (Å²) >= 11 is 6.01. The van der Waals surface area contributed by atoms with E-state index in [1.807, 2.05) is 11.8 Å². The molecule has 2 rings (SSSR count). The molecule has 0 atom stereocenters. The lowest BCUT2D eigenvalue weighted by molar-refractivity contribution is 0.128. The van der Waals surface area contributed by atoms with Crippen molar-refractivity contribution in [1.29, 1.82) is 0 Å². The quantitative estimate of drug-likeness (QED) is 0.740. The summed E-state index contributed by atoms with van der Waals surface area (Å²) in [5.41, 5.74) is 0. The number of piperazine rings is 1. The lowest BCUT2D eigenvalue weighted by Gasteiger charge is -2.34. The van der Waals surface area contributed by atoms with E-state index >= 15 is 0 Å². The summed E-state index contributed by atoms with van der Waals surface area (Å²) in [7, 11) is -3.13. The zero-order chi connectivity index (χ0) is 15.5. The lowest BCUT2D eigenvalue weighted by atomic mass is 10.3. The van der Waals surface area contributed by atoms with Crippen LogP contribution in [0.5, 0.6) is 0 Å². The van der Waals surface area contributed by atoms with Gasteiger partial charge >= 0.3 is 0 Å². The minimum atomic E-state index is -3.13. The molecule has 1 aliphatic rings.